The van der Waals surface area contributed by atoms with Crippen molar-refractivity contribution < 1.29 is 13.5 Å². The van der Waals surface area contributed by atoms with Gasteiger partial charge in [0.2, 0.25) is 11.8 Å². The Balaban J connectivity index is 1.64. The molecule has 124 valence electrons. The van der Waals surface area contributed by atoms with Crippen molar-refractivity contribution in [1.82, 2.24) is 15.5 Å². The number of nitrogens with zero attached hydrogens (tertiary/aromatic N) is 2. The molecule has 24 heavy (non-hydrogen) atoms. The zero-order chi connectivity index (χ0) is 16.9. The van der Waals surface area contributed by atoms with Gasteiger partial charge in [-0.25, -0.2) is 4.39 Å². The number of nitrogens with one attached hydrogen (secondary N) is 1. The van der Waals surface area contributed by atoms with Crippen LogP contribution < -0.4 is 10.1 Å². The van der Waals surface area contributed by atoms with E-state index in [1.165, 1.54) is 6.07 Å². The molecule has 1 atom stereocenters. The van der Waals surface area contributed by atoms with Crippen molar-refractivity contribution in [2.24, 2.45) is 0 Å². The van der Waals surface area contributed by atoms with E-state index >= 15 is 0 Å². The molecule has 5 nitrogen and oxygen atoms in total. The maximum Gasteiger partial charge on any atom is 0.247 e. The molecule has 0 aliphatic heterocycles. The zero-order valence-electron chi connectivity index (χ0n) is 13.5. The van der Waals surface area contributed by atoms with Crippen LogP contribution in [0.5, 0.6) is 5.75 Å². The first-order valence-corrected chi connectivity index (χ1v) is 7.62. The molecule has 0 spiro atoms. The second-order valence-corrected chi connectivity index (χ2v) is 5.35. The summed E-state index contributed by atoms with van der Waals surface area (Å²) < 4.78 is 24.5. The Morgan fingerprint density at radius 2 is 1.88 bits per heavy atom. The molecule has 0 aliphatic carbocycles. The third-order valence-corrected chi connectivity index (χ3v) is 3.74. The average molecular weight is 327 g/mol. The Kier molecular flexibility index (Phi) is 4.86. The van der Waals surface area contributed by atoms with Crippen LogP contribution in [0.4, 0.5) is 4.39 Å². The zero-order valence-corrected chi connectivity index (χ0v) is 13.5. The second-order valence-electron chi connectivity index (χ2n) is 5.35. The van der Waals surface area contributed by atoms with Crippen LogP contribution in [-0.2, 0) is 6.54 Å². The van der Waals surface area contributed by atoms with Crippen LogP contribution in [0.3, 0.4) is 0 Å². The summed E-state index contributed by atoms with van der Waals surface area (Å²) in [7, 11) is 1.61. The molecule has 1 heterocycles. The largest absolute Gasteiger partial charge is 0.497 e. The van der Waals surface area contributed by atoms with E-state index in [2.05, 4.69) is 15.5 Å². The average Bonchev–Trinajstić information content (AvgIpc) is 3.09. The molecular formula is C18H18FN3O2. The fourth-order valence-electron chi connectivity index (χ4n) is 2.35. The minimum atomic E-state index is -0.234. The van der Waals surface area contributed by atoms with Gasteiger partial charge in [0.15, 0.2) is 0 Å². The number of aromatic nitrogens is 2. The normalized spacial score (nSPS) is 12.1. The number of halogens is 1. The SMILES string of the molecule is COc1ccc(-c2nnc(CN[C@@H](C)c3ccccc3F)o2)cc1. The highest BCUT2D eigenvalue weighted by Crippen LogP contribution is 2.21. The molecule has 0 fully saturated rings. The van der Waals surface area contributed by atoms with Gasteiger partial charge in [0.25, 0.3) is 0 Å². The molecule has 1 N–H and O–H groups in total. The van der Waals surface area contributed by atoms with E-state index in [1.807, 2.05) is 37.3 Å². The van der Waals surface area contributed by atoms with Gasteiger partial charge in [0.05, 0.1) is 13.7 Å². The van der Waals surface area contributed by atoms with Crippen molar-refractivity contribution in [1.29, 1.82) is 0 Å². The predicted octanol–water partition coefficient (Wildman–Crippen LogP) is 3.74. The van der Waals surface area contributed by atoms with E-state index < -0.39 is 0 Å². The number of hydrogen-bond acceptors (Lipinski definition) is 5. The highest BCUT2D eigenvalue weighted by Gasteiger charge is 2.13. The number of hydrogen-bond donors (Lipinski definition) is 1. The quantitative estimate of drug-likeness (QED) is 0.747. The first-order chi connectivity index (χ1) is 11.7. The number of benzene rings is 2. The topological polar surface area (TPSA) is 60.2 Å². The van der Waals surface area contributed by atoms with Gasteiger partial charge < -0.3 is 14.5 Å². The van der Waals surface area contributed by atoms with E-state index in [1.54, 1.807) is 19.2 Å². The van der Waals surface area contributed by atoms with Crippen molar-refractivity contribution in [2.75, 3.05) is 7.11 Å². The molecule has 0 amide bonds. The highest BCUT2D eigenvalue weighted by atomic mass is 19.1. The van der Waals surface area contributed by atoms with Gasteiger partial charge in [-0.3, -0.25) is 0 Å². The lowest BCUT2D eigenvalue weighted by Gasteiger charge is -2.13. The lowest BCUT2D eigenvalue weighted by molar-refractivity contribution is 0.414. The number of rotatable bonds is 6. The smallest absolute Gasteiger partial charge is 0.247 e. The summed E-state index contributed by atoms with van der Waals surface area (Å²) in [4.78, 5) is 0. The van der Waals surface area contributed by atoms with Gasteiger partial charge in [-0.1, -0.05) is 18.2 Å². The van der Waals surface area contributed by atoms with Crippen LogP contribution in [0.1, 0.15) is 24.4 Å². The maximum atomic E-state index is 13.8. The van der Waals surface area contributed by atoms with Crippen LogP contribution in [0.15, 0.2) is 52.9 Å². The minimum Gasteiger partial charge on any atom is -0.497 e. The molecule has 1 aromatic heterocycles. The summed E-state index contributed by atoms with van der Waals surface area (Å²) in [5.74, 6) is 1.41. The first-order valence-electron chi connectivity index (χ1n) is 7.62. The van der Waals surface area contributed by atoms with E-state index in [0.717, 1.165) is 11.3 Å². The first kappa shape index (κ1) is 16.1. The molecule has 0 radical (unpaired) electrons. The van der Waals surface area contributed by atoms with Crippen molar-refractivity contribution in [3.63, 3.8) is 0 Å². The Morgan fingerprint density at radius 1 is 1.12 bits per heavy atom. The minimum absolute atomic E-state index is 0.164. The van der Waals surface area contributed by atoms with Crippen molar-refractivity contribution in [3.8, 4) is 17.2 Å². The fraction of sp³-hybridized carbons (Fsp3) is 0.222. The molecule has 2 aromatic carbocycles. The summed E-state index contributed by atoms with van der Waals surface area (Å²) in [6.07, 6.45) is 0. The fourth-order valence-corrected chi connectivity index (χ4v) is 2.35. The van der Waals surface area contributed by atoms with Crippen molar-refractivity contribution in [2.45, 2.75) is 19.5 Å². The van der Waals surface area contributed by atoms with E-state index in [4.69, 9.17) is 9.15 Å². The summed E-state index contributed by atoms with van der Waals surface area (Å²) in [5, 5.41) is 11.2. The van der Waals surface area contributed by atoms with Crippen LogP contribution in [0, 0.1) is 5.82 Å². The number of methoxy groups -OCH3 is 1. The van der Waals surface area contributed by atoms with Crippen molar-refractivity contribution >= 4 is 0 Å². The van der Waals surface area contributed by atoms with Gasteiger partial charge in [-0.15, -0.1) is 10.2 Å². The standard InChI is InChI=1S/C18H18FN3O2/c1-12(15-5-3-4-6-16(15)19)20-11-17-21-22-18(24-17)13-7-9-14(23-2)10-8-13/h3-10,12,20H,11H2,1-2H3/t12-/m0/s1. The molecule has 0 saturated heterocycles. The third-order valence-electron chi connectivity index (χ3n) is 3.74. The summed E-state index contributed by atoms with van der Waals surface area (Å²) >= 11 is 0. The Morgan fingerprint density at radius 3 is 2.58 bits per heavy atom. The van der Waals surface area contributed by atoms with Gasteiger partial charge in [0.1, 0.15) is 11.6 Å². The second kappa shape index (κ2) is 7.23. The van der Waals surface area contributed by atoms with E-state index in [9.17, 15) is 4.39 Å². The predicted molar refractivity (Wildman–Crippen MR) is 87.9 cm³/mol. The van der Waals surface area contributed by atoms with Crippen LogP contribution in [-0.4, -0.2) is 17.3 Å². The Hall–Kier alpha value is -2.73. The Labute approximate surface area is 139 Å². The number of ether oxygens (including phenoxy) is 1. The molecule has 3 aromatic rings. The molecule has 3 rings (SSSR count). The molecule has 0 unspecified atom stereocenters. The third kappa shape index (κ3) is 3.60. The van der Waals surface area contributed by atoms with Gasteiger partial charge >= 0.3 is 0 Å². The summed E-state index contributed by atoms with van der Waals surface area (Å²) in [5.41, 5.74) is 1.42. The summed E-state index contributed by atoms with van der Waals surface area (Å²) in [6, 6.07) is 13.9. The Bertz CT molecular complexity index is 802. The van der Waals surface area contributed by atoms with Gasteiger partial charge in [-0.2, -0.15) is 0 Å². The van der Waals surface area contributed by atoms with Crippen LogP contribution >= 0.6 is 0 Å². The molecule has 0 bridgehead atoms. The van der Waals surface area contributed by atoms with Gasteiger partial charge in [0, 0.05) is 17.2 Å². The molecular weight excluding hydrogens is 309 g/mol. The maximum absolute atomic E-state index is 13.8. The van der Waals surface area contributed by atoms with E-state index in [-0.39, 0.29) is 11.9 Å². The van der Waals surface area contributed by atoms with Crippen LogP contribution in [0.2, 0.25) is 0 Å². The monoisotopic (exact) mass is 327 g/mol. The lowest BCUT2D eigenvalue weighted by atomic mass is 10.1. The van der Waals surface area contributed by atoms with Crippen molar-refractivity contribution in [3.05, 3.63) is 65.8 Å². The lowest BCUT2D eigenvalue weighted by Crippen LogP contribution is -2.19. The molecule has 6 heteroatoms. The molecule has 0 saturated carbocycles. The molecule has 0 aliphatic rings. The summed E-state index contributed by atoms with van der Waals surface area (Å²) in [6.45, 7) is 2.25. The van der Waals surface area contributed by atoms with Gasteiger partial charge in [-0.05, 0) is 37.3 Å². The van der Waals surface area contributed by atoms with E-state index in [0.29, 0.717) is 23.9 Å². The highest BCUT2D eigenvalue weighted by molar-refractivity contribution is 5.53. The van der Waals surface area contributed by atoms with Crippen LogP contribution in [0.25, 0.3) is 11.5 Å².